The Kier molecular flexibility index (Phi) is 7.52. The van der Waals surface area contributed by atoms with Crippen LogP contribution in [0.4, 0.5) is 0 Å². The van der Waals surface area contributed by atoms with Crippen LogP contribution in [-0.2, 0) is 4.79 Å². The van der Waals surface area contributed by atoms with Gasteiger partial charge in [-0.15, -0.1) is 0 Å². The zero-order chi connectivity index (χ0) is 15.1. The number of likely N-dealkylation sites (N-methyl/N-ethyl adjacent to an activating group) is 1. The fourth-order valence-corrected chi connectivity index (χ4v) is 2.96. The first-order valence-corrected chi connectivity index (χ1v) is 8.32. The van der Waals surface area contributed by atoms with Gasteiger partial charge < -0.3 is 9.80 Å². The predicted octanol–water partition coefficient (Wildman–Crippen LogP) is 2.30. The Hall–Kier alpha value is -0.610. The number of hydrogen-bond donors (Lipinski definition) is 1. The van der Waals surface area contributed by atoms with E-state index >= 15 is 0 Å². The van der Waals surface area contributed by atoms with E-state index in [2.05, 4.69) is 49.7 Å². The lowest BCUT2D eigenvalue weighted by Crippen LogP contribution is -2.42. The molecule has 4 nitrogen and oxygen atoms in total. The molecule has 4 heteroatoms. The van der Waals surface area contributed by atoms with Crippen molar-refractivity contribution in [1.29, 1.82) is 0 Å². The number of carbonyl (C=O) groups excluding carboxylic acids is 1. The molecule has 0 aromatic heterocycles. The van der Waals surface area contributed by atoms with Gasteiger partial charge in [-0.2, -0.15) is 0 Å². The molecule has 0 bridgehead atoms. The SMILES string of the molecule is CCCC1NC(CC(C)C)C(=O)N1CCN(CC)CC. The zero-order valence-corrected chi connectivity index (χ0v) is 14.0. The van der Waals surface area contributed by atoms with E-state index < -0.39 is 0 Å². The molecule has 0 aliphatic carbocycles. The number of nitrogens with one attached hydrogen (secondary N) is 1. The number of nitrogens with zero attached hydrogens (tertiary/aromatic N) is 2. The highest BCUT2D eigenvalue weighted by molar-refractivity contribution is 5.84. The van der Waals surface area contributed by atoms with Crippen LogP contribution >= 0.6 is 0 Å². The van der Waals surface area contributed by atoms with E-state index in [0.717, 1.165) is 45.4 Å². The molecule has 1 rings (SSSR count). The Morgan fingerprint density at radius 2 is 1.90 bits per heavy atom. The summed E-state index contributed by atoms with van der Waals surface area (Å²) in [6, 6.07) is 0.0308. The maximum absolute atomic E-state index is 12.6. The smallest absolute Gasteiger partial charge is 0.241 e. The van der Waals surface area contributed by atoms with Crippen molar-refractivity contribution in [2.24, 2.45) is 5.92 Å². The van der Waals surface area contributed by atoms with Crippen LogP contribution in [0.15, 0.2) is 0 Å². The summed E-state index contributed by atoms with van der Waals surface area (Å²) >= 11 is 0. The topological polar surface area (TPSA) is 35.6 Å². The van der Waals surface area contributed by atoms with Gasteiger partial charge in [-0.25, -0.2) is 0 Å². The van der Waals surface area contributed by atoms with Crippen molar-refractivity contribution in [2.45, 2.75) is 66.1 Å². The summed E-state index contributed by atoms with van der Waals surface area (Å²) in [6.45, 7) is 14.9. The molecule has 0 aromatic carbocycles. The van der Waals surface area contributed by atoms with Crippen LogP contribution in [-0.4, -0.2) is 54.1 Å². The Morgan fingerprint density at radius 1 is 1.25 bits per heavy atom. The Morgan fingerprint density at radius 3 is 2.40 bits per heavy atom. The molecule has 118 valence electrons. The Bertz CT molecular complexity index is 289. The third kappa shape index (κ3) is 4.74. The van der Waals surface area contributed by atoms with Crippen LogP contribution in [0.25, 0.3) is 0 Å². The van der Waals surface area contributed by atoms with E-state index in [0.29, 0.717) is 11.8 Å². The fourth-order valence-electron chi connectivity index (χ4n) is 2.96. The van der Waals surface area contributed by atoms with E-state index in [4.69, 9.17) is 0 Å². The third-order valence-corrected chi connectivity index (χ3v) is 4.17. The molecular formula is C16H33N3O. The number of carbonyl (C=O) groups is 1. The maximum Gasteiger partial charge on any atom is 0.241 e. The summed E-state index contributed by atoms with van der Waals surface area (Å²) in [7, 11) is 0. The summed E-state index contributed by atoms with van der Waals surface area (Å²) < 4.78 is 0. The number of amides is 1. The molecule has 0 saturated carbocycles. The molecule has 1 fully saturated rings. The van der Waals surface area contributed by atoms with E-state index in [1.165, 1.54) is 0 Å². The van der Waals surface area contributed by atoms with Gasteiger partial charge in [0.2, 0.25) is 5.91 Å². The molecule has 1 saturated heterocycles. The summed E-state index contributed by atoms with van der Waals surface area (Å²) in [5.74, 6) is 0.866. The van der Waals surface area contributed by atoms with E-state index in [9.17, 15) is 4.79 Å². The van der Waals surface area contributed by atoms with Crippen LogP contribution in [0, 0.1) is 5.92 Å². The predicted molar refractivity (Wildman–Crippen MR) is 84.6 cm³/mol. The van der Waals surface area contributed by atoms with E-state index in [1.54, 1.807) is 0 Å². The molecule has 0 aromatic rings. The van der Waals surface area contributed by atoms with Gasteiger partial charge in [-0.1, -0.05) is 41.0 Å². The van der Waals surface area contributed by atoms with E-state index in [1.807, 2.05) is 0 Å². The highest BCUT2D eigenvalue weighted by Gasteiger charge is 2.37. The fraction of sp³-hybridized carbons (Fsp3) is 0.938. The van der Waals surface area contributed by atoms with Crippen molar-refractivity contribution < 1.29 is 4.79 Å². The molecule has 2 atom stereocenters. The molecule has 2 unspecified atom stereocenters. The van der Waals surface area contributed by atoms with Gasteiger partial charge in [0.05, 0.1) is 12.2 Å². The molecule has 0 radical (unpaired) electrons. The van der Waals surface area contributed by atoms with Crippen molar-refractivity contribution in [3.63, 3.8) is 0 Å². The lowest BCUT2D eigenvalue weighted by molar-refractivity contribution is -0.130. The largest absolute Gasteiger partial charge is 0.325 e. The molecule has 1 amide bonds. The van der Waals surface area contributed by atoms with Crippen LogP contribution in [0.3, 0.4) is 0 Å². The zero-order valence-electron chi connectivity index (χ0n) is 14.0. The number of rotatable bonds is 9. The van der Waals surface area contributed by atoms with Gasteiger partial charge in [0.15, 0.2) is 0 Å². The van der Waals surface area contributed by atoms with Gasteiger partial charge in [-0.05, 0) is 31.8 Å². The summed E-state index contributed by atoms with van der Waals surface area (Å²) in [6.07, 6.45) is 3.35. The molecular weight excluding hydrogens is 250 g/mol. The monoisotopic (exact) mass is 283 g/mol. The molecule has 1 N–H and O–H groups in total. The minimum absolute atomic E-state index is 0.0308. The normalized spacial score (nSPS) is 23.4. The average molecular weight is 283 g/mol. The standard InChI is InChI=1S/C16H33N3O/c1-6-9-15-17-14(12-13(4)5)16(20)19(15)11-10-18(7-2)8-3/h13-15,17H,6-12H2,1-5H3. The molecule has 1 aliphatic heterocycles. The summed E-state index contributed by atoms with van der Waals surface area (Å²) in [5.41, 5.74) is 0. The highest BCUT2D eigenvalue weighted by Crippen LogP contribution is 2.19. The Balaban J connectivity index is 2.61. The molecule has 20 heavy (non-hydrogen) atoms. The van der Waals surface area contributed by atoms with Crippen molar-refractivity contribution >= 4 is 5.91 Å². The van der Waals surface area contributed by atoms with Crippen molar-refractivity contribution in [3.05, 3.63) is 0 Å². The van der Waals surface area contributed by atoms with E-state index in [-0.39, 0.29) is 12.2 Å². The van der Waals surface area contributed by atoms with Crippen molar-refractivity contribution in [3.8, 4) is 0 Å². The second-order valence-electron chi connectivity index (χ2n) is 6.21. The van der Waals surface area contributed by atoms with Crippen LogP contribution < -0.4 is 5.32 Å². The second kappa shape index (κ2) is 8.63. The molecule has 1 aliphatic rings. The minimum Gasteiger partial charge on any atom is -0.325 e. The molecule has 1 heterocycles. The third-order valence-electron chi connectivity index (χ3n) is 4.17. The summed E-state index contributed by atoms with van der Waals surface area (Å²) in [4.78, 5) is 17.0. The van der Waals surface area contributed by atoms with Gasteiger partial charge in [0, 0.05) is 13.1 Å². The lowest BCUT2D eigenvalue weighted by atomic mass is 10.0. The minimum atomic E-state index is 0.0308. The first-order valence-electron chi connectivity index (χ1n) is 8.32. The summed E-state index contributed by atoms with van der Waals surface area (Å²) in [5, 5.41) is 3.54. The first kappa shape index (κ1) is 17.4. The van der Waals surface area contributed by atoms with Gasteiger partial charge in [0.25, 0.3) is 0 Å². The van der Waals surface area contributed by atoms with Crippen LogP contribution in [0.5, 0.6) is 0 Å². The van der Waals surface area contributed by atoms with Crippen molar-refractivity contribution in [2.75, 3.05) is 26.2 Å². The van der Waals surface area contributed by atoms with Crippen LogP contribution in [0.1, 0.15) is 53.9 Å². The van der Waals surface area contributed by atoms with Crippen LogP contribution in [0.2, 0.25) is 0 Å². The van der Waals surface area contributed by atoms with Gasteiger partial charge in [0.1, 0.15) is 0 Å². The maximum atomic E-state index is 12.6. The lowest BCUT2D eigenvalue weighted by Gasteiger charge is -2.27. The average Bonchev–Trinajstić information content (AvgIpc) is 2.68. The first-order chi connectivity index (χ1) is 9.53. The van der Waals surface area contributed by atoms with Gasteiger partial charge >= 0.3 is 0 Å². The Labute approximate surface area is 124 Å². The van der Waals surface area contributed by atoms with Crippen molar-refractivity contribution in [1.82, 2.24) is 15.1 Å². The number of hydrogen-bond acceptors (Lipinski definition) is 3. The molecule has 0 spiro atoms. The highest BCUT2D eigenvalue weighted by atomic mass is 16.2. The second-order valence-corrected chi connectivity index (χ2v) is 6.21. The van der Waals surface area contributed by atoms with Gasteiger partial charge in [-0.3, -0.25) is 10.1 Å². The quantitative estimate of drug-likeness (QED) is 0.705.